The van der Waals surface area contributed by atoms with Crippen LogP contribution in [0.3, 0.4) is 0 Å². The number of hydrogen-bond acceptors (Lipinski definition) is 4. The molecule has 0 aliphatic rings. The minimum atomic E-state index is 0.469. The van der Waals surface area contributed by atoms with E-state index in [4.69, 9.17) is 11.0 Å². The van der Waals surface area contributed by atoms with Crippen LogP contribution in [0, 0.1) is 11.3 Å². The van der Waals surface area contributed by atoms with E-state index in [9.17, 15) is 0 Å². The molecule has 1 heterocycles. The molecule has 3 aromatic rings. The second kappa shape index (κ2) is 4.90. The molecule has 0 amide bonds. The second-order valence-corrected chi connectivity index (χ2v) is 4.44. The zero-order chi connectivity index (χ0) is 13.9. The number of nitrogens with one attached hydrogen (secondary N) is 1. The molecule has 0 aliphatic carbocycles. The quantitative estimate of drug-likeness (QED) is 0.692. The van der Waals surface area contributed by atoms with Crippen LogP contribution in [0.5, 0.6) is 0 Å². The number of benzene rings is 2. The number of pyridine rings is 1. The third kappa shape index (κ3) is 2.13. The summed E-state index contributed by atoms with van der Waals surface area (Å²) in [5, 5.41) is 14.5. The van der Waals surface area contributed by atoms with Crippen LogP contribution in [0.4, 0.5) is 17.1 Å². The normalized spacial score (nSPS) is 10.2. The van der Waals surface area contributed by atoms with Gasteiger partial charge in [0.2, 0.25) is 0 Å². The van der Waals surface area contributed by atoms with Gasteiger partial charge in [0.1, 0.15) is 6.07 Å². The SMILES string of the molecule is N#Cc1cc(Nc2cccc3cnccc23)ccc1N. The van der Waals surface area contributed by atoms with Crippen LogP contribution in [0.2, 0.25) is 0 Å². The van der Waals surface area contributed by atoms with Crippen molar-refractivity contribution in [1.82, 2.24) is 4.98 Å². The standard InChI is InChI=1S/C16H12N4/c17-9-12-8-13(4-5-15(12)18)20-16-3-1-2-11-10-19-7-6-14(11)16/h1-8,10,20H,18H2. The molecule has 0 bridgehead atoms. The Bertz CT molecular complexity index is 813. The first-order valence-corrected chi connectivity index (χ1v) is 6.17. The van der Waals surface area contributed by atoms with E-state index in [0.29, 0.717) is 11.3 Å². The predicted octanol–water partition coefficient (Wildman–Crippen LogP) is 3.43. The fourth-order valence-electron chi connectivity index (χ4n) is 2.12. The molecule has 0 unspecified atom stereocenters. The summed E-state index contributed by atoms with van der Waals surface area (Å²) in [6, 6.07) is 15.3. The smallest absolute Gasteiger partial charge is 0.101 e. The lowest BCUT2D eigenvalue weighted by atomic mass is 10.1. The van der Waals surface area contributed by atoms with Gasteiger partial charge in [0.05, 0.1) is 5.56 Å². The highest BCUT2D eigenvalue weighted by atomic mass is 14.9. The van der Waals surface area contributed by atoms with E-state index in [1.165, 1.54) is 0 Å². The van der Waals surface area contributed by atoms with Gasteiger partial charge in [-0.15, -0.1) is 0 Å². The number of nitrogen functional groups attached to an aromatic ring is 1. The highest BCUT2D eigenvalue weighted by molar-refractivity contribution is 5.94. The molecule has 4 heteroatoms. The van der Waals surface area contributed by atoms with Crippen LogP contribution < -0.4 is 11.1 Å². The van der Waals surface area contributed by atoms with Crippen LogP contribution >= 0.6 is 0 Å². The van der Waals surface area contributed by atoms with Crippen molar-refractivity contribution in [1.29, 1.82) is 5.26 Å². The van der Waals surface area contributed by atoms with E-state index in [1.54, 1.807) is 18.3 Å². The Hall–Kier alpha value is -3.06. The molecule has 96 valence electrons. The van der Waals surface area contributed by atoms with E-state index in [0.717, 1.165) is 22.1 Å². The van der Waals surface area contributed by atoms with Crippen LogP contribution in [0.25, 0.3) is 10.8 Å². The van der Waals surface area contributed by atoms with E-state index in [-0.39, 0.29) is 0 Å². The molecule has 1 aromatic heterocycles. The Balaban J connectivity index is 2.04. The predicted molar refractivity (Wildman–Crippen MR) is 80.6 cm³/mol. The van der Waals surface area contributed by atoms with Crippen molar-refractivity contribution in [2.24, 2.45) is 0 Å². The summed E-state index contributed by atoms with van der Waals surface area (Å²) in [6.45, 7) is 0. The second-order valence-electron chi connectivity index (χ2n) is 4.44. The molecule has 0 atom stereocenters. The molecule has 0 saturated carbocycles. The Kier molecular flexibility index (Phi) is 2.94. The molecular weight excluding hydrogens is 248 g/mol. The lowest BCUT2D eigenvalue weighted by Crippen LogP contribution is -1.95. The molecule has 3 rings (SSSR count). The summed E-state index contributed by atoms with van der Waals surface area (Å²) in [5.41, 5.74) is 8.49. The summed E-state index contributed by atoms with van der Waals surface area (Å²) in [7, 11) is 0. The Morgan fingerprint density at radius 3 is 2.90 bits per heavy atom. The zero-order valence-corrected chi connectivity index (χ0v) is 10.7. The molecule has 0 aliphatic heterocycles. The third-order valence-corrected chi connectivity index (χ3v) is 3.13. The van der Waals surface area contributed by atoms with Gasteiger partial charge in [-0.05, 0) is 30.3 Å². The fraction of sp³-hybridized carbons (Fsp3) is 0. The van der Waals surface area contributed by atoms with Gasteiger partial charge in [0.25, 0.3) is 0 Å². The highest BCUT2D eigenvalue weighted by Crippen LogP contribution is 2.27. The summed E-state index contributed by atoms with van der Waals surface area (Å²) < 4.78 is 0. The van der Waals surface area contributed by atoms with Gasteiger partial charge in [-0.3, -0.25) is 4.98 Å². The van der Waals surface area contributed by atoms with Crippen molar-refractivity contribution in [2.45, 2.75) is 0 Å². The first-order valence-electron chi connectivity index (χ1n) is 6.17. The summed E-state index contributed by atoms with van der Waals surface area (Å²) in [4.78, 5) is 4.11. The number of nitrogens with two attached hydrogens (primary N) is 1. The Labute approximate surface area is 116 Å². The van der Waals surface area contributed by atoms with Crippen LogP contribution in [-0.4, -0.2) is 4.98 Å². The third-order valence-electron chi connectivity index (χ3n) is 3.13. The van der Waals surface area contributed by atoms with Gasteiger partial charge in [-0.1, -0.05) is 12.1 Å². The van der Waals surface area contributed by atoms with E-state index in [2.05, 4.69) is 16.4 Å². The highest BCUT2D eigenvalue weighted by Gasteiger charge is 2.03. The van der Waals surface area contributed by atoms with Crippen LogP contribution in [0.1, 0.15) is 5.56 Å². The summed E-state index contributed by atoms with van der Waals surface area (Å²) >= 11 is 0. The molecule has 0 spiro atoms. The molecule has 0 saturated heterocycles. The average molecular weight is 260 g/mol. The number of anilines is 3. The number of fused-ring (bicyclic) bond motifs is 1. The van der Waals surface area contributed by atoms with E-state index < -0.39 is 0 Å². The molecule has 0 fully saturated rings. The van der Waals surface area contributed by atoms with Crippen molar-refractivity contribution < 1.29 is 0 Å². The van der Waals surface area contributed by atoms with Crippen molar-refractivity contribution in [3.63, 3.8) is 0 Å². The van der Waals surface area contributed by atoms with Crippen molar-refractivity contribution >= 4 is 27.8 Å². The average Bonchev–Trinajstić information content (AvgIpc) is 2.49. The van der Waals surface area contributed by atoms with E-state index in [1.807, 2.05) is 36.5 Å². The summed E-state index contributed by atoms with van der Waals surface area (Å²) in [5.74, 6) is 0. The number of nitrogens with zero attached hydrogens (tertiary/aromatic N) is 2. The van der Waals surface area contributed by atoms with E-state index >= 15 is 0 Å². The molecule has 20 heavy (non-hydrogen) atoms. The molecule has 0 radical (unpaired) electrons. The van der Waals surface area contributed by atoms with Gasteiger partial charge in [-0.25, -0.2) is 0 Å². The first kappa shape index (κ1) is 12.0. The number of aromatic nitrogens is 1. The first-order chi connectivity index (χ1) is 9.78. The van der Waals surface area contributed by atoms with Crippen molar-refractivity contribution in [2.75, 3.05) is 11.1 Å². The molecular formula is C16H12N4. The Morgan fingerprint density at radius 1 is 1.15 bits per heavy atom. The van der Waals surface area contributed by atoms with Crippen molar-refractivity contribution in [3.05, 3.63) is 60.4 Å². The maximum Gasteiger partial charge on any atom is 0.101 e. The molecule has 3 N–H and O–H groups in total. The number of rotatable bonds is 2. The maximum absolute atomic E-state index is 9.01. The largest absolute Gasteiger partial charge is 0.398 e. The lowest BCUT2D eigenvalue weighted by molar-refractivity contribution is 1.36. The maximum atomic E-state index is 9.01. The van der Waals surface area contributed by atoms with Gasteiger partial charge in [0.15, 0.2) is 0 Å². The number of hydrogen-bond donors (Lipinski definition) is 2. The fourth-order valence-corrected chi connectivity index (χ4v) is 2.12. The van der Waals surface area contributed by atoms with Crippen LogP contribution in [0.15, 0.2) is 54.9 Å². The lowest BCUT2D eigenvalue weighted by Gasteiger charge is -2.10. The topological polar surface area (TPSA) is 74.7 Å². The van der Waals surface area contributed by atoms with Crippen LogP contribution in [-0.2, 0) is 0 Å². The zero-order valence-electron chi connectivity index (χ0n) is 10.7. The number of nitriles is 1. The monoisotopic (exact) mass is 260 g/mol. The van der Waals surface area contributed by atoms with Gasteiger partial charge < -0.3 is 11.1 Å². The Morgan fingerprint density at radius 2 is 2.05 bits per heavy atom. The van der Waals surface area contributed by atoms with Crippen molar-refractivity contribution in [3.8, 4) is 6.07 Å². The van der Waals surface area contributed by atoms with Gasteiger partial charge >= 0.3 is 0 Å². The van der Waals surface area contributed by atoms with Gasteiger partial charge in [0, 0.05) is 40.2 Å². The minimum absolute atomic E-state index is 0.469. The minimum Gasteiger partial charge on any atom is -0.398 e. The summed E-state index contributed by atoms with van der Waals surface area (Å²) in [6.07, 6.45) is 3.58. The molecule has 4 nitrogen and oxygen atoms in total. The molecule has 2 aromatic carbocycles. The van der Waals surface area contributed by atoms with Gasteiger partial charge in [-0.2, -0.15) is 5.26 Å².